The molecule has 0 aliphatic heterocycles. The van der Waals surface area contributed by atoms with E-state index in [0.717, 1.165) is 12.1 Å². The summed E-state index contributed by atoms with van der Waals surface area (Å²) in [5.41, 5.74) is -0.621. The number of aliphatic hydroxyl groups is 1. The van der Waals surface area contributed by atoms with Crippen LogP contribution in [-0.4, -0.2) is 47.1 Å². The van der Waals surface area contributed by atoms with Crippen LogP contribution >= 0.6 is 0 Å². The molecule has 0 aliphatic rings. The second kappa shape index (κ2) is 8.45. The van der Waals surface area contributed by atoms with Gasteiger partial charge in [-0.15, -0.1) is 13.2 Å². The molecule has 4 aromatic rings. The molecule has 9 nitrogen and oxygen atoms in total. The fraction of sp³-hybridized carbons (Fsp3) is 0.273. The number of carbonyl (C=O) groups excluding carboxylic acids is 1. The van der Waals surface area contributed by atoms with Crippen molar-refractivity contribution in [3.63, 3.8) is 0 Å². The average molecular weight is 474 g/mol. The Morgan fingerprint density at radius 2 is 1.85 bits per heavy atom. The van der Waals surface area contributed by atoms with Gasteiger partial charge in [-0.3, -0.25) is 9.36 Å². The molecule has 3 aromatic heterocycles. The molecule has 178 valence electrons. The number of hydrogen-bond acceptors (Lipinski definition) is 6. The highest BCUT2D eigenvalue weighted by Crippen LogP contribution is 2.29. The number of aryl methyl sites for hydroxylation is 1. The Bertz CT molecular complexity index is 1320. The molecule has 0 aliphatic carbocycles. The number of carbonyl (C=O) groups is 1. The molecule has 0 spiro atoms. The van der Waals surface area contributed by atoms with Crippen molar-refractivity contribution in [3.8, 4) is 11.6 Å². The van der Waals surface area contributed by atoms with Crippen LogP contribution in [0.3, 0.4) is 0 Å². The van der Waals surface area contributed by atoms with Gasteiger partial charge in [-0.05, 0) is 44.5 Å². The minimum atomic E-state index is -4.82. The third-order valence-electron chi connectivity index (χ3n) is 5.10. The summed E-state index contributed by atoms with van der Waals surface area (Å²) in [7, 11) is 0. The number of nitrogens with zero attached hydrogens (tertiary/aromatic N) is 5. The van der Waals surface area contributed by atoms with Crippen molar-refractivity contribution < 1.29 is 27.8 Å². The first-order valence-electron chi connectivity index (χ1n) is 10.2. The van der Waals surface area contributed by atoms with E-state index in [9.17, 15) is 23.1 Å². The van der Waals surface area contributed by atoms with Crippen LogP contribution in [0.2, 0.25) is 0 Å². The lowest BCUT2D eigenvalue weighted by Gasteiger charge is -2.30. The van der Waals surface area contributed by atoms with Crippen molar-refractivity contribution in [2.75, 3.05) is 0 Å². The zero-order valence-corrected chi connectivity index (χ0v) is 18.4. The van der Waals surface area contributed by atoms with Gasteiger partial charge >= 0.3 is 6.36 Å². The van der Waals surface area contributed by atoms with Crippen LogP contribution in [0.25, 0.3) is 11.5 Å². The third-order valence-corrected chi connectivity index (χ3v) is 5.10. The number of alkyl halides is 3. The van der Waals surface area contributed by atoms with Crippen LogP contribution in [0.1, 0.15) is 41.6 Å². The van der Waals surface area contributed by atoms with Crippen LogP contribution in [0, 0.1) is 6.92 Å². The van der Waals surface area contributed by atoms with Crippen molar-refractivity contribution in [2.45, 2.75) is 38.8 Å². The van der Waals surface area contributed by atoms with Gasteiger partial charge in [-0.25, -0.2) is 14.5 Å². The van der Waals surface area contributed by atoms with Gasteiger partial charge in [0.25, 0.3) is 5.91 Å². The van der Waals surface area contributed by atoms with Crippen LogP contribution in [0.15, 0.2) is 55.1 Å². The van der Waals surface area contributed by atoms with Gasteiger partial charge in [-0.2, -0.15) is 5.10 Å². The number of benzene rings is 1. The molecule has 2 N–H and O–H groups in total. The quantitative estimate of drug-likeness (QED) is 0.444. The second-order valence-corrected chi connectivity index (χ2v) is 8.13. The number of hydrogen-bond donors (Lipinski definition) is 2. The minimum Gasteiger partial charge on any atom is -0.406 e. The molecule has 12 heteroatoms. The predicted molar refractivity (Wildman–Crippen MR) is 114 cm³/mol. The molecule has 3 heterocycles. The fourth-order valence-corrected chi connectivity index (χ4v) is 3.51. The highest BCUT2D eigenvalue weighted by molar-refractivity contribution is 6.00. The van der Waals surface area contributed by atoms with Gasteiger partial charge in [0.15, 0.2) is 5.65 Å². The number of fused-ring (bicyclic) bond motifs is 1. The Morgan fingerprint density at radius 3 is 2.44 bits per heavy atom. The van der Waals surface area contributed by atoms with Crippen molar-refractivity contribution >= 4 is 11.6 Å². The maximum Gasteiger partial charge on any atom is 0.573 e. The van der Waals surface area contributed by atoms with E-state index in [1.54, 1.807) is 29.2 Å². The highest BCUT2D eigenvalue weighted by Gasteiger charge is 2.33. The highest BCUT2D eigenvalue weighted by atomic mass is 19.4. The molecule has 0 bridgehead atoms. The first kappa shape index (κ1) is 23.2. The summed E-state index contributed by atoms with van der Waals surface area (Å²) in [6.07, 6.45) is 1.55. The Kier molecular flexibility index (Phi) is 5.77. The maximum absolute atomic E-state index is 13.2. The molecular weight excluding hydrogens is 453 g/mol. The van der Waals surface area contributed by atoms with E-state index >= 15 is 0 Å². The maximum atomic E-state index is 13.2. The summed E-state index contributed by atoms with van der Waals surface area (Å²) < 4.78 is 44.4. The summed E-state index contributed by atoms with van der Waals surface area (Å²) in [6.45, 7) is 4.77. The van der Waals surface area contributed by atoms with Crippen molar-refractivity contribution in [1.29, 1.82) is 0 Å². The Balaban J connectivity index is 1.63. The van der Waals surface area contributed by atoms with Gasteiger partial charge in [0, 0.05) is 18.6 Å². The van der Waals surface area contributed by atoms with Crippen molar-refractivity contribution in [1.82, 2.24) is 29.5 Å². The molecule has 34 heavy (non-hydrogen) atoms. The predicted octanol–water partition coefficient (Wildman–Crippen LogP) is 3.36. The van der Waals surface area contributed by atoms with E-state index < -0.39 is 29.7 Å². The van der Waals surface area contributed by atoms with E-state index in [2.05, 4.69) is 25.1 Å². The van der Waals surface area contributed by atoms with E-state index in [4.69, 9.17) is 0 Å². The van der Waals surface area contributed by atoms with Gasteiger partial charge in [0.2, 0.25) is 0 Å². The lowest BCUT2D eigenvalue weighted by molar-refractivity contribution is -0.274. The molecule has 1 unspecified atom stereocenters. The smallest absolute Gasteiger partial charge is 0.406 e. The zero-order valence-electron chi connectivity index (χ0n) is 18.4. The molecule has 0 saturated heterocycles. The second-order valence-electron chi connectivity index (χ2n) is 8.13. The van der Waals surface area contributed by atoms with E-state index in [1.807, 2.05) is 6.92 Å². The molecule has 1 aromatic carbocycles. The van der Waals surface area contributed by atoms with Crippen LogP contribution in [0.5, 0.6) is 5.75 Å². The first-order chi connectivity index (χ1) is 15.9. The number of halogens is 3. The van der Waals surface area contributed by atoms with E-state index in [1.165, 1.54) is 36.7 Å². The van der Waals surface area contributed by atoms with Gasteiger partial charge < -0.3 is 15.2 Å². The Hall–Kier alpha value is -3.93. The molecule has 0 saturated carbocycles. The topological polar surface area (TPSA) is 107 Å². The molecule has 1 amide bonds. The lowest BCUT2D eigenvalue weighted by Crippen LogP contribution is -2.42. The monoisotopic (exact) mass is 474 g/mol. The van der Waals surface area contributed by atoms with E-state index in [0.29, 0.717) is 17.2 Å². The van der Waals surface area contributed by atoms with Gasteiger partial charge in [0.1, 0.15) is 23.0 Å². The molecular formula is C22H21F3N6O3. The summed E-state index contributed by atoms with van der Waals surface area (Å²) in [6, 6.07) is 5.69. The van der Waals surface area contributed by atoms with Crippen molar-refractivity contribution in [3.05, 3.63) is 72.1 Å². The normalized spacial score (nSPS) is 13.1. The average Bonchev–Trinajstić information content (AvgIpc) is 3.36. The minimum absolute atomic E-state index is 0.158. The Labute approximate surface area is 191 Å². The summed E-state index contributed by atoms with van der Waals surface area (Å²) in [5, 5.41) is 17.6. The summed E-state index contributed by atoms with van der Waals surface area (Å²) in [4.78, 5) is 21.9. The van der Waals surface area contributed by atoms with Crippen LogP contribution in [0.4, 0.5) is 13.2 Å². The number of ether oxygens (including phenoxy) is 1. The number of amides is 1. The summed E-state index contributed by atoms with van der Waals surface area (Å²) in [5.74, 6) is 0.273. The number of rotatable bonds is 6. The fourth-order valence-electron chi connectivity index (χ4n) is 3.51. The standard InChI is InChI=1S/C22H21F3N6O3/c1-13-26-9-11-30(13)17-8-10-31-19(28-17)16(12-27-31)20(32)29-18(21(2,3)33)14-4-6-15(7-5-14)34-22(23,24)25/h4-12,18,33H,1-3H3,(H,29,32). The van der Waals surface area contributed by atoms with E-state index in [-0.39, 0.29) is 11.2 Å². The number of nitrogens with one attached hydrogen (secondary N) is 1. The largest absolute Gasteiger partial charge is 0.573 e. The van der Waals surface area contributed by atoms with Crippen LogP contribution in [-0.2, 0) is 0 Å². The SMILES string of the molecule is Cc1nccn1-c1ccn2ncc(C(=O)NC(c3ccc(OC(F)(F)F)cc3)C(C)(C)O)c2n1. The third kappa shape index (κ3) is 4.86. The molecule has 4 rings (SSSR count). The van der Waals surface area contributed by atoms with Gasteiger partial charge in [0.05, 0.1) is 17.8 Å². The Morgan fingerprint density at radius 1 is 1.15 bits per heavy atom. The first-order valence-corrected chi connectivity index (χ1v) is 10.2. The molecule has 0 fully saturated rings. The summed E-state index contributed by atoms with van der Waals surface area (Å²) >= 11 is 0. The zero-order chi connectivity index (χ0) is 24.7. The van der Waals surface area contributed by atoms with Crippen LogP contribution < -0.4 is 10.1 Å². The number of imidazole rings is 1. The number of aromatic nitrogens is 5. The van der Waals surface area contributed by atoms with Crippen molar-refractivity contribution in [2.24, 2.45) is 0 Å². The molecule has 1 atom stereocenters. The molecule has 0 radical (unpaired) electrons. The van der Waals surface area contributed by atoms with Gasteiger partial charge in [-0.1, -0.05) is 12.1 Å². The lowest BCUT2D eigenvalue weighted by atomic mass is 9.91.